The highest BCUT2D eigenvalue weighted by Gasteiger charge is 2.39. The van der Waals surface area contributed by atoms with Gasteiger partial charge in [-0.3, -0.25) is 9.59 Å². The van der Waals surface area contributed by atoms with Gasteiger partial charge in [0.1, 0.15) is 6.04 Å². The summed E-state index contributed by atoms with van der Waals surface area (Å²) in [7, 11) is 0. The lowest BCUT2D eigenvalue weighted by Gasteiger charge is -2.34. The van der Waals surface area contributed by atoms with Gasteiger partial charge < -0.3 is 16.0 Å². The highest BCUT2D eigenvalue weighted by Crippen LogP contribution is 2.33. The Morgan fingerprint density at radius 2 is 2.19 bits per heavy atom. The molecular weight excluding hydrogens is 288 g/mol. The molecule has 1 aliphatic carbocycles. The van der Waals surface area contributed by atoms with Crippen LogP contribution < -0.4 is 11.1 Å². The fourth-order valence-corrected chi connectivity index (χ4v) is 3.29. The van der Waals surface area contributed by atoms with Crippen molar-refractivity contribution in [3.63, 3.8) is 0 Å². The van der Waals surface area contributed by atoms with Gasteiger partial charge >= 0.3 is 0 Å². The van der Waals surface area contributed by atoms with Crippen molar-refractivity contribution in [3.8, 4) is 0 Å². The number of hydrogen-bond acceptors (Lipinski definition) is 5. The molecule has 0 aromatic carbocycles. The number of nitrogens with zero attached hydrogens (tertiary/aromatic N) is 2. The molecule has 0 spiro atoms. The Labute approximate surface area is 127 Å². The van der Waals surface area contributed by atoms with Gasteiger partial charge in [-0.2, -0.15) is 0 Å². The van der Waals surface area contributed by atoms with E-state index in [0.29, 0.717) is 18.2 Å². The van der Waals surface area contributed by atoms with Crippen LogP contribution in [0.4, 0.5) is 5.13 Å². The summed E-state index contributed by atoms with van der Waals surface area (Å²) in [5.74, 6) is 0.250. The van der Waals surface area contributed by atoms with Crippen molar-refractivity contribution >= 4 is 28.3 Å². The number of piperidine rings is 1. The first-order valence-corrected chi connectivity index (χ1v) is 8.31. The van der Waals surface area contributed by atoms with Crippen LogP contribution in [-0.4, -0.2) is 34.3 Å². The number of hydrogen-bond donors (Lipinski definition) is 2. The number of nitrogens with two attached hydrogens (primary N) is 1. The van der Waals surface area contributed by atoms with Crippen LogP contribution in [0.5, 0.6) is 0 Å². The number of nitrogen functional groups attached to an aromatic ring is 1. The minimum atomic E-state index is -0.317. The van der Waals surface area contributed by atoms with Crippen LogP contribution in [-0.2, 0) is 16.1 Å². The lowest BCUT2D eigenvalue weighted by Crippen LogP contribution is -2.52. The Morgan fingerprint density at radius 3 is 2.86 bits per heavy atom. The van der Waals surface area contributed by atoms with Gasteiger partial charge in [0.2, 0.25) is 11.8 Å². The van der Waals surface area contributed by atoms with Gasteiger partial charge in [0.25, 0.3) is 0 Å². The van der Waals surface area contributed by atoms with Gasteiger partial charge in [-0.1, -0.05) is 0 Å². The van der Waals surface area contributed by atoms with E-state index in [2.05, 4.69) is 10.3 Å². The first kappa shape index (κ1) is 14.3. The second kappa shape index (κ2) is 6.01. The molecule has 2 fully saturated rings. The molecule has 114 valence electrons. The normalized spacial score (nSPS) is 22.1. The van der Waals surface area contributed by atoms with Gasteiger partial charge in [-0.05, 0) is 32.1 Å². The highest BCUT2D eigenvalue weighted by molar-refractivity contribution is 7.13. The quantitative estimate of drug-likeness (QED) is 0.873. The summed E-state index contributed by atoms with van der Waals surface area (Å²) in [4.78, 5) is 30.6. The number of anilines is 1. The first-order valence-electron chi connectivity index (χ1n) is 7.43. The van der Waals surface area contributed by atoms with Crippen LogP contribution in [0.2, 0.25) is 0 Å². The zero-order chi connectivity index (χ0) is 14.8. The lowest BCUT2D eigenvalue weighted by atomic mass is 10.0. The fourth-order valence-electron chi connectivity index (χ4n) is 2.73. The topological polar surface area (TPSA) is 88.3 Å². The third kappa shape index (κ3) is 3.34. The van der Waals surface area contributed by atoms with Crippen LogP contribution in [0.15, 0.2) is 5.38 Å². The molecule has 21 heavy (non-hydrogen) atoms. The van der Waals surface area contributed by atoms with Crippen LogP contribution in [0.1, 0.15) is 37.8 Å². The minimum Gasteiger partial charge on any atom is -0.375 e. The number of aromatic nitrogens is 1. The molecule has 3 rings (SSSR count). The molecule has 0 radical (unpaired) electrons. The fraction of sp³-hybridized carbons (Fsp3) is 0.643. The monoisotopic (exact) mass is 308 g/mol. The Bertz CT molecular complexity index is 541. The predicted octanol–water partition coefficient (Wildman–Crippen LogP) is 1.13. The van der Waals surface area contributed by atoms with Gasteiger partial charge in [-0.15, -0.1) is 11.3 Å². The molecule has 0 unspecified atom stereocenters. The largest absolute Gasteiger partial charge is 0.375 e. The summed E-state index contributed by atoms with van der Waals surface area (Å²) in [6.45, 7) is 1.07. The zero-order valence-electron chi connectivity index (χ0n) is 11.9. The molecule has 1 aromatic heterocycles. The molecule has 1 aromatic rings. The van der Waals surface area contributed by atoms with Crippen LogP contribution in [0.3, 0.4) is 0 Å². The van der Waals surface area contributed by atoms with Crippen molar-refractivity contribution in [2.24, 2.45) is 5.92 Å². The molecule has 6 nitrogen and oxygen atoms in total. The van der Waals surface area contributed by atoms with Crippen molar-refractivity contribution < 1.29 is 9.59 Å². The predicted molar refractivity (Wildman–Crippen MR) is 80.4 cm³/mol. The summed E-state index contributed by atoms with van der Waals surface area (Å²) in [6.07, 6.45) is 4.69. The Morgan fingerprint density at radius 1 is 1.38 bits per heavy atom. The molecule has 1 atom stereocenters. The smallest absolute Gasteiger partial charge is 0.243 e. The highest BCUT2D eigenvalue weighted by atomic mass is 32.1. The average molecular weight is 308 g/mol. The molecule has 0 bridgehead atoms. The van der Waals surface area contributed by atoms with E-state index in [4.69, 9.17) is 5.73 Å². The number of carbonyl (C=O) groups excluding carboxylic acids is 2. The minimum absolute atomic E-state index is 0.0738. The van der Waals surface area contributed by atoms with Crippen molar-refractivity contribution in [2.75, 3.05) is 12.3 Å². The van der Waals surface area contributed by atoms with Crippen LogP contribution >= 0.6 is 11.3 Å². The maximum atomic E-state index is 12.4. The first-order chi connectivity index (χ1) is 10.1. The summed E-state index contributed by atoms with van der Waals surface area (Å²) >= 11 is 1.36. The summed E-state index contributed by atoms with van der Waals surface area (Å²) in [5, 5.41) is 5.22. The van der Waals surface area contributed by atoms with E-state index in [-0.39, 0.29) is 23.8 Å². The van der Waals surface area contributed by atoms with Crippen molar-refractivity contribution in [1.29, 1.82) is 0 Å². The van der Waals surface area contributed by atoms with Crippen molar-refractivity contribution in [1.82, 2.24) is 15.2 Å². The molecule has 1 saturated carbocycles. The molecule has 7 heteroatoms. The summed E-state index contributed by atoms with van der Waals surface area (Å²) in [5.41, 5.74) is 6.34. The standard InChI is InChI=1S/C14H20N4O2S/c15-14-17-10(8-21-14)7-16-12(19)11-3-1-2-6-18(11)13(20)9-4-5-9/h8-9,11H,1-7H2,(H2,15,17)(H,16,19)/t11-/m0/s1. The molecule has 2 aliphatic rings. The number of carbonyl (C=O) groups is 2. The molecule has 2 heterocycles. The van der Waals surface area contributed by atoms with E-state index in [1.54, 1.807) is 4.90 Å². The molecule has 3 N–H and O–H groups in total. The molecular formula is C14H20N4O2S. The third-order valence-electron chi connectivity index (χ3n) is 4.03. The summed E-state index contributed by atoms with van der Waals surface area (Å²) in [6, 6.07) is -0.317. The van der Waals surface area contributed by atoms with Crippen molar-refractivity contribution in [2.45, 2.75) is 44.7 Å². The Hall–Kier alpha value is -1.63. The number of rotatable bonds is 4. The number of likely N-dealkylation sites (tertiary alicyclic amines) is 1. The van der Waals surface area contributed by atoms with E-state index in [9.17, 15) is 9.59 Å². The second-order valence-corrected chi connectivity index (χ2v) is 6.60. The van der Waals surface area contributed by atoms with E-state index in [0.717, 1.165) is 37.8 Å². The van der Waals surface area contributed by atoms with Gasteiger partial charge in [0.15, 0.2) is 5.13 Å². The SMILES string of the molecule is Nc1nc(CNC(=O)[C@@H]2CCCCN2C(=O)C2CC2)cs1. The van der Waals surface area contributed by atoms with E-state index >= 15 is 0 Å². The Balaban J connectivity index is 1.59. The maximum Gasteiger partial charge on any atom is 0.243 e. The Kier molecular flexibility index (Phi) is 4.10. The molecule has 1 saturated heterocycles. The van der Waals surface area contributed by atoms with Crippen molar-refractivity contribution in [3.05, 3.63) is 11.1 Å². The van der Waals surface area contributed by atoms with Crippen LogP contribution in [0.25, 0.3) is 0 Å². The average Bonchev–Trinajstić information content (AvgIpc) is 3.27. The summed E-state index contributed by atoms with van der Waals surface area (Å²) < 4.78 is 0. The third-order valence-corrected chi connectivity index (χ3v) is 4.75. The van der Waals surface area contributed by atoms with Gasteiger partial charge in [0, 0.05) is 17.8 Å². The zero-order valence-corrected chi connectivity index (χ0v) is 12.7. The lowest BCUT2D eigenvalue weighted by molar-refractivity contribution is -0.143. The van der Waals surface area contributed by atoms with Crippen LogP contribution in [0, 0.1) is 5.92 Å². The van der Waals surface area contributed by atoms with Gasteiger partial charge in [-0.25, -0.2) is 4.98 Å². The van der Waals surface area contributed by atoms with E-state index in [1.165, 1.54) is 11.3 Å². The van der Waals surface area contributed by atoms with Gasteiger partial charge in [0.05, 0.1) is 12.2 Å². The van der Waals surface area contributed by atoms with E-state index < -0.39 is 0 Å². The number of nitrogens with one attached hydrogen (secondary N) is 1. The molecule has 1 aliphatic heterocycles. The number of thiazole rings is 1. The maximum absolute atomic E-state index is 12.4. The molecule has 2 amide bonds. The second-order valence-electron chi connectivity index (χ2n) is 5.71. The number of amides is 2. The van der Waals surface area contributed by atoms with E-state index in [1.807, 2.05) is 5.38 Å².